The van der Waals surface area contributed by atoms with E-state index in [1.54, 1.807) is 0 Å². The van der Waals surface area contributed by atoms with Crippen LogP contribution in [0.4, 0.5) is 39.5 Å². The molecular weight excluding hydrogens is 445 g/mol. The van der Waals surface area contributed by atoms with Gasteiger partial charge >= 0.3 is 18.5 Å². The van der Waals surface area contributed by atoms with Gasteiger partial charge in [-0.2, -0.15) is 39.5 Å². The summed E-state index contributed by atoms with van der Waals surface area (Å²) in [5.74, 6) is 0. The average Bonchev–Trinajstić information content (AvgIpc) is 3.13. The van der Waals surface area contributed by atoms with Gasteiger partial charge in [-0.25, -0.2) is 0 Å². The standard InChI is InChI=1S/C19H10F9NO2/c20-17(21,22)13-5-12(6-14(7-13)18(23,24)25)16(19(26,27)28)8-15(29-31-16)11-3-1-10(9-30)2-4-11/h1-7,9H,8H2. The normalized spacial score (nSPS) is 19.7. The van der Waals surface area contributed by atoms with E-state index in [2.05, 4.69) is 9.99 Å². The van der Waals surface area contributed by atoms with Crippen molar-refractivity contribution in [2.45, 2.75) is 30.6 Å². The molecule has 1 aliphatic heterocycles. The first-order valence-corrected chi connectivity index (χ1v) is 8.35. The minimum absolute atomic E-state index is 0.0311. The van der Waals surface area contributed by atoms with Crippen LogP contribution in [0.2, 0.25) is 0 Å². The minimum Gasteiger partial charge on any atom is -0.374 e. The molecule has 0 bridgehead atoms. The molecule has 12 heteroatoms. The Morgan fingerprint density at radius 1 is 0.839 bits per heavy atom. The van der Waals surface area contributed by atoms with Gasteiger partial charge in [-0.3, -0.25) is 4.79 Å². The van der Waals surface area contributed by atoms with Crippen molar-refractivity contribution < 1.29 is 49.1 Å². The van der Waals surface area contributed by atoms with Crippen molar-refractivity contribution in [3.05, 3.63) is 70.3 Å². The molecule has 2 aromatic rings. The van der Waals surface area contributed by atoms with E-state index in [1.807, 2.05) is 0 Å². The largest absolute Gasteiger partial charge is 0.435 e. The van der Waals surface area contributed by atoms with E-state index in [1.165, 1.54) is 24.3 Å². The lowest BCUT2D eigenvalue weighted by atomic mass is 9.84. The van der Waals surface area contributed by atoms with Gasteiger partial charge in [0.2, 0.25) is 0 Å². The Labute approximate surface area is 168 Å². The first-order valence-electron chi connectivity index (χ1n) is 8.35. The van der Waals surface area contributed by atoms with Gasteiger partial charge in [0.25, 0.3) is 5.60 Å². The average molecular weight is 455 g/mol. The molecule has 1 aliphatic rings. The molecule has 31 heavy (non-hydrogen) atoms. The van der Waals surface area contributed by atoms with E-state index >= 15 is 0 Å². The van der Waals surface area contributed by atoms with Gasteiger partial charge in [0.15, 0.2) is 0 Å². The van der Waals surface area contributed by atoms with Crippen LogP contribution in [0.15, 0.2) is 47.6 Å². The topological polar surface area (TPSA) is 38.7 Å². The number of halogens is 9. The number of hydrogen-bond acceptors (Lipinski definition) is 3. The monoisotopic (exact) mass is 455 g/mol. The van der Waals surface area contributed by atoms with E-state index in [0.717, 1.165) is 0 Å². The maximum Gasteiger partial charge on any atom is 0.435 e. The Hall–Kier alpha value is -3.05. The smallest absolute Gasteiger partial charge is 0.374 e. The van der Waals surface area contributed by atoms with Gasteiger partial charge in [-0.15, -0.1) is 0 Å². The Morgan fingerprint density at radius 3 is 1.77 bits per heavy atom. The van der Waals surface area contributed by atoms with Gasteiger partial charge < -0.3 is 4.84 Å². The molecule has 1 heterocycles. The number of oxime groups is 1. The number of carbonyl (C=O) groups is 1. The Morgan fingerprint density at radius 2 is 1.35 bits per heavy atom. The molecule has 0 radical (unpaired) electrons. The molecule has 0 N–H and O–H groups in total. The van der Waals surface area contributed by atoms with E-state index in [-0.39, 0.29) is 35.0 Å². The summed E-state index contributed by atoms with van der Waals surface area (Å²) < 4.78 is 121. The lowest BCUT2D eigenvalue weighted by Crippen LogP contribution is -2.43. The molecule has 0 fully saturated rings. The van der Waals surface area contributed by atoms with Gasteiger partial charge in [-0.1, -0.05) is 29.4 Å². The third-order valence-corrected chi connectivity index (χ3v) is 4.62. The van der Waals surface area contributed by atoms with Crippen LogP contribution < -0.4 is 0 Å². The number of benzene rings is 2. The minimum atomic E-state index is -5.41. The highest BCUT2D eigenvalue weighted by Gasteiger charge is 2.63. The van der Waals surface area contributed by atoms with E-state index in [0.29, 0.717) is 6.29 Å². The number of aldehydes is 1. The fourth-order valence-electron chi connectivity index (χ4n) is 3.00. The molecule has 2 aromatic carbocycles. The van der Waals surface area contributed by atoms with Crippen LogP contribution in [-0.2, 0) is 22.8 Å². The highest BCUT2D eigenvalue weighted by molar-refractivity contribution is 6.02. The molecule has 0 aromatic heterocycles. The number of carbonyl (C=O) groups excluding carboxylic acids is 1. The summed E-state index contributed by atoms with van der Waals surface area (Å²) >= 11 is 0. The quantitative estimate of drug-likeness (QED) is 0.413. The third kappa shape index (κ3) is 4.23. The van der Waals surface area contributed by atoms with Crippen molar-refractivity contribution >= 4 is 12.0 Å². The van der Waals surface area contributed by atoms with Crippen molar-refractivity contribution in [3.8, 4) is 0 Å². The fraction of sp³-hybridized carbons (Fsp3) is 0.263. The Kier molecular flexibility index (Phi) is 5.31. The predicted molar refractivity (Wildman–Crippen MR) is 88.2 cm³/mol. The van der Waals surface area contributed by atoms with Crippen LogP contribution in [0.3, 0.4) is 0 Å². The molecule has 1 atom stereocenters. The molecule has 0 saturated carbocycles. The first kappa shape index (κ1) is 22.6. The summed E-state index contributed by atoms with van der Waals surface area (Å²) in [7, 11) is 0. The zero-order valence-electron chi connectivity index (χ0n) is 15.0. The van der Waals surface area contributed by atoms with Gasteiger partial charge in [0.1, 0.15) is 6.29 Å². The summed E-state index contributed by atoms with van der Waals surface area (Å²) in [4.78, 5) is 15.2. The van der Waals surface area contributed by atoms with Crippen LogP contribution in [0.1, 0.15) is 39.0 Å². The second-order valence-electron chi connectivity index (χ2n) is 6.67. The molecule has 166 valence electrons. The number of hydrogen-bond donors (Lipinski definition) is 0. The lowest BCUT2D eigenvalue weighted by molar-refractivity contribution is -0.276. The summed E-state index contributed by atoms with van der Waals surface area (Å²) in [6.45, 7) is 0. The van der Waals surface area contributed by atoms with Crippen LogP contribution in [0, 0.1) is 0 Å². The second-order valence-corrected chi connectivity index (χ2v) is 6.67. The zero-order valence-corrected chi connectivity index (χ0v) is 15.0. The van der Waals surface area contributed by atoms with Crippen molar-refractivity contribution in [3.63, 3.8) is 0 Å². The SMILES string of the molecule is O=Cc1ccc(C2=NOC(c3cc(C(F)(F)F)cc(C(F)(F)F)c3)(C(F)(F)F)C2)cc1. The van der Waals surface area contributed by atoms with E-state index < -0.39 is 47.2 Å². The summed E-state index contributed by atoms with van der Waals surface area (Å²) in [6, 6.07) is 4.63. The lowest BCUT2D eigenvalue weighted by Gasteiger charge is -2.30. The number of nitrogens with zero attached hydrogens (tertiary/aromatic N) is 1. The summed E-state index contributed by atoms with van der Waals surface area (Å²) in [5, 5.41) is 3.29. The van der Waals surface area contributed by atoms with Crippen molar-refractivity contribution in [2.24, 2.45) is 5.16 Å². The van der Waals surface area contributed by atoms with Crippen LogP contribution >= 0.6 is 0 Å². The highest BCUT2D eigenvalue weighted by atomic mass is 19.4. The summed E-state index contributed by atoms with van der Waals surface area (Å²) in [5.41, 5.74) is -8.88. The number of alkyl halides is 9. The van der Waals surface area contributed by atoms with Crippen molar-refractivity contribution in [2.75, 3.05) is 0 Å². The van der Waals surface area contributed by atoms with E-state index in [4.69, 9.17) is 0 Å². The van der Waals surface area contributed by atoms with Gasteiger partial charge in [0.05, 0.1) is 16.8 Å². The zero-order chi connectivity index (χ0) is 23.2. The Bertz CT molecular complexity index is 988. The third-order valence-electron chi connectivity index (χ3n) is 4.62. The molecule has 0 saturated heterocycles. The van der Waals surface area contributed by atoms with Crippen molar-refractivity contribution in [1.82, 2.24) is 0 Å². The molecule has 0 aliphatic carbocycles. The molecule has 3 rings (SSSR count). The second kappa shape index (κ2) is 7.27. The summed E-state index contributed by atoms with van der Waals surface area (Å²) in [6.07, 6.45) is -16.8. The molecule has 1 unspecified atom stereocenters. The Balaban J connectivity index is 2.13. The maximum atomic E-state index is 14.0. The van der Waals surface area contributed by atoms with Gasteiger partial charge in [0, 0.05) is 17.5 Å². The van der Waals surface area contributed by atoms with Gasteiger partial charge in [-0.05, 0) is 23.8 Å². The molecule has 0 spiro atoms. The van der Waals surface area contributed by atoms with Crippen LogP contribution in [-0.4, -0.2) is 18.2 Å². The fourth-order valence-corrected chi connectivity index (χ4v) is 3.00. The van der Waals surface area contributed by atoms with E-state index in [9.17, 15) is 44.3 Å². The molecule has 0 amide bonds. The number of rotatable bonds is 3. The molecule has 3 nitrogen and oxygen atoms in total. The first-order chi connectivity index (χ1) is 14.2. The maximum absolute atomic E-state index is 14.0. The van der Waals surface area contributed by atoms with Crippen LogP contribution in [0.5, 0.6) is 0 Å². The van der Waals surface area contributed by atoms with Crippen molar-refractivity contribution in [1.29, 1.82) is 0 Å². The molecular formula is C19H10F9NO2. The van der Waals surface area contributed by atoms with Crippen LogP contribution in [0.25, 0.3) is 0 Å². The highest BCUT2D eigenvalue weighted by Crippen LogP contribution is 2.50. The predicted octanol–water partition coefficient (Wildman–Crippen LogP) is 6.12.